The van der Waals surface area contributed by atoms with Crippen LogP contribution in [-0.4, -0.2) is 20.6 Å². The Morgan fingerprint density at radius 2 is 1.81 bits per heavy atom. The highest BCUT2D eigenvalue weighted by atomic mass is 19.1. The van der Waals surface area contributed by atoms with Crippen molar-refractivity contribution in [2.75, 3.05) is 5.32 Å². The number of nitrogens with one attached hydrogen (secondary N) is 1. The molecule has 0 spiro atoms. The van der Waals surface area contributed by atoms with Gasteiger partial charge in [-0.25, -0.2) is 9.07 Å². The molecule has 0 aliphatic carbocycles. The molecule has 0 bridgehead atoms. The molecule has 2 aromatic carbocycles. The van der Waals surface area contributed by atoms with E-state index in [-0.39, 0.29) is 11.5 Å². The summed E-state index contributed by atoms with van der Waals surface area (Å²) < 4.78 is 14.7. The fourth-order valence-corrected chi connectivity index (χ4v) is 2.88. The summed E-state index contributed by atoms with van der Waals surface area (Å²) >= 11 is 0. The molecule has 1 N–H and O–H groups in total. The van der Waals surface area contributed by atoms with E-state index >= 15 is 0 Å². The summed E-state index contributed by atoms with van der Waals surface area (Å²) in [6.45, 7) is 5.06. The number of halogens is 1. The number of carbonyl (C=O) groups excluding carboxylic acids is 1. The number of hydrogen-bond acceptors (Lipinski definition) is 4. The molecule has 0 aliphatic heterocycles. The number of hydrogen-bond donors (Lipinski definition) is 1. The van der Waals surface area contributed by atoms with Gasteiger partial charge in [-0.15, -0.1) is 0 Å². The molecule has 0 radical (unpaired) electrons. The van der Waals surface area contributed by atoms with Gasteiger partial charge in [-0.1, -0.05) is 6.07 Å². The largest absolute Gasteiger partial charge is 0.322 e. The fourth-order valence-electron chi connectivity index (χ4n) is 2.88. The van der Waals surface area contributed by atoms with Crippen LogP contribution in [0.4, 0.5) is 15.8 Å². The molecule has 0 saturated heterocycles. The summed E-state index contributed by atoms with van der Waals surface area (Å²) in [6, 6.07) is 10.3. The number of carbonyl (C=O) groups is 1. The molecule has 27 heavy (non-hydrogen) atoms. The number of nitro benzene ring substituents is 1. The van der Waals surface area contributed by atoms with E-state index in [1.54, 1.807) is 49.7 Å². The fraction of sp³-hybridized carbons (Fsp3) is 0.158. The van der Waals surface area contributed by atoms with Crippen LogP contribution in [0.15, 0.2) is 42.5 Å². The normalized spacial score (nSPS) is 10.7. The summed E-state index contributed by atoms with van der Waals surface area (Å²) in [6.07, 6.45) is 0. The molecule has 3 rings (SSSR count). The second kappa shape index (κ2) is 6.99. The van der Waals surface area contributed by atoms with Crippen LogP contribution in [0.5, 0.6) is 0 Å². The first-order valence-electron chi connectivity index (χ1n) is 8.16. The third-order valence-electron chi connectivity index (χ3n) is 4.25. The SMILES string of the molecule is Cc1ccc(NC(=O)c2c(C)nn(-c3ccc(F)cc3)c2C)cc1[N+](=O)[O-]. The second-order valence-electron chi connectivity index (χ2n) is 6.15. The van der Waals surface area contributed by atoms with Crippen LogP contribution in [0.2, 0.25) is 0 Å². The third-order valence-corrected chi connectivity index (χ3v) is 4.25. The van der Waals surface area contributed by atoms with Gasteiger partial charge in [0.1, 0.15) is 5.82 Å². The molecule has 1 aromatic heterocycles. The van der Waals surface area contributed by atoms with E-state index in [9.17, 15) is 19.3 Å². The van der Waals surface area contributed by atoms with E-state index in [1.165, 1.54) is 18.2 Å². The summed E-state index contributed by atoms with van der Waals surface area (Å²) in [4.78, 5) is 23.3. The molecule has 8 heteroatoms. The highest BCUT2D eigenvalue weighted by molar-refractivity contribution is 6.06. The monoisotopic (exact) mass is 368 g/mol. The lowest BCUT2D eigenvalue weighted by Crippen LogP contribution is -2.14. The maximum atomic E-state index is 13.1. The van der Waals surface area contributed by atoms with E-state index in [1.807, 2.05) is 0 Å². The number of nitrogens with zero attached hydrogens (tertiary/aromatic N) is 3. The van der Waals surface area contributed by atoms with Crippen LogP contribution in [0.3, 0.4) is 0 Å². The van der Waals surface area contributed by atoms with Crippen molar-refractivity contribution < 1.29 is 14.1 Å². The first-order valence-corrected chi connectivity index (χ1v) is 8.16. The van der Waals surface area contributed by atoms with Crippen LogP contribution < -0.4 is 5.32 Å². The number of nitro groups is 1. The van der Waals surface area contributed by atoms with Crippen molar-refractivity contribution in [3.63, 3.8) is 0 Å². The quantitative estimate of drug-likeness (QED) is 0.554. The van der Waals surface area contributed by atoms with Gasteiger partial charge < -0.3 is 5.32 Å². The number of amides is 1. The van der Waals surface area contributed by atoms with Crippen molar-refractivity contribution in [1.82, 2.24) is 9.78 Å². The Balaban J connectivity index is 1.93. The van der Waals surface area contributed by atoms with Gasteiger partial charge in [-0.2, -0.15) is 5.10 Å². The van der Waals surface area contributed by atoms with Gasteiger partial charge in [0.25, 0.3) is 11.6 Å². The van der Waals surface area contributed by atoms with Crippen molar-refractivity contribution in [2.24, 2.45) is 0 Å². The van der Waals surface area contributed by atoms with Crippen molar-refractivity contribution in [3.05, 3.63) is 80.9 Å². The van der Waals surface area contributed by atoms with Crippen LogP contribution in [0.25, 0.3) is 5.69 Å². The standard InChI is InChI=1S/C19H17FN4O3/c1-11-4-7-15(10-17(11)24(26)27)21-19(25)18-12(2)22-23(13(18)3)16-8-5-14(20)6-9-16/h4-10H,1-3H3,(H,21,25). The summed E-state index contributed by atoms with van der Waals surface area (Å²) in [7, 11) is 0. The third kappa shape index (κ3) is 3.55. The minimum atomic E-state index is -0.492. The first kappa shape index (κ1) is 18.2. The molecular formula is C19H17FN4O3. The van der Waals surface area contributed by atoms with E-state index in [0.29, 0.717) is 33.9 Å². The van der Waals surface area contributed by atoms with Crippen molar-refractivity contribution in [3.8, 4) is 5.69 Å². The predicted octanol–water partition coefficient (Wildman–Crippen LogP) is 4.10. The van der Waals surface area contributed by atoms with Gasteiger partial charge >= 0.3 is 0 Å². The van der Waals surface area contributed by atoms with Crippen LogP contribution in [0, 0.1) is 36.7 Å². The Morgan fingerprint density at radius 1 is 1.15 bits per heavy atom. The predicted molar refractivity (Wildman–Crippen MR) is 98.8 cm³/mol. The lowest BCUT2D eigenvalue weighted by Gasteiger charge is -2.08. The zero-order valence-corrected chi connectivity index (χ0v) is 15.0. The van der Waals surface area contributed by atoms with Gasteiger partial charge in [0.05, 0.1) is 27.6 Å². The van der Waals surface area contributed by atoms with Crippen LogP contribution in [-0.2, 0) is 0 Å². The zero-order chi connectivity index (χ0) is 19.7. The van der Waals surface area contributed by atoms with E-state index in [0.717, 1.165) is 0 Å². The molecular weight excluding hydrogens is 351 g/mol. The average molecular weight is 368 g/mol. The summed E-state index contributed by atoms with van der Waals surface area (Å²) in [5.41, 5.74) is 2.84. The lowest BCUT2D eigenvalue weighted by molar-refractivity contribution is -0.385. The Kier molecular flexibility index (Phi) is 4.72. The summed E-state index contributed by atoms with van der Waals surface area (Å²) in [5.74, 6) is -0.782. The second-order valence-corrected chi connectivity index (χ2v) is 6.15. The molecule has 0 aliphatic rings. The number of rotatable bonds is 4. The van der Waals surface area contributed by atoms with Crippen molar-refractivity contribution >= 4 is 17.3 Å². The summed E-state index contributed by atoms with van der Waals surface area (Å²) in [5, 5.41) is 18.1. The highest BCUT2D eigenvalue weighted by Crippen LogP contribution is 2.24. The van der Waals surface area contributed by atoms with Gasteiger partial charge in [0.2, 0.25) is 0 Å². The lowest BCUT2D eigenvalue weighted by atomic mass is 10.1. The molecule has 3 aromatic rings. The smallest absolute Gasteiger partial charge is 0.274 e. The molecule has 1 amide bonds. The van der Waals surface area contributed by atoms with Gasteiger partial charge in [-0.3, -0.25) is 14.9 Å². The molecule has 0 unspecified atom stereocenters. The first-order chi connectivity index (χ1) is 12.8. The molecule has 1 heterocycles. The Hall–Kier alpha value is -3.55. The van der Waals surface area contributed by atoms with E-state index in [4.69, 9.17) is 0 Å². The number of aryl methyl sites for hydroxylation is 2. The number of anilines is 1. The molecule has 7 nitrogen and oxygen atoms in total. The minimum absolute atomic E-state index is 0.0664. The number of aromatic nitrogens is 2. The van der Waals surface area contributed by atoms with Gasteiger partial charge in [0, 0.05) is 17.3 Å². The maximum absolute atomic E-state index is 13.1. The van der Waals surface area contributed by atoms with Crippen LogP contribution >= 0.6 is 0 Å². The van der Waals surface area contributed by atoms with Crippen LogP contribution in [0.1, 0.15) is 27.3 Å². The van der Waals surface area contributed by atoms with Crippen molar-refractivity contribution in [2.45, 2.75) is 20.8 Å². The zero-order valence-electron chi connectivity index (χ0n) is 15.0. The van der Waals surface area contributed by atoms with Gasteiger partial charge in [0.15, 0.2) is 0 Å². The molecule has 0 saturated carbocycles. The van der Waals surface area contributed by atoms with Gasteiger partial charge in [-0.05, 0) is 51.1 Å². The average Bonchev–Trinajstić information content (AvgIpc) is 2.91. The Morgan fingerprint density at radius 3 is 2.44 bits per heavy atom. The molecule has 0 atom stereocenters. The molecule has 138 valence electrons. The van der Waals surface area contributed by atoms with E-state index in [2.05, 4.69) is 10.4 Å². The molecule has 0 fully saturated rings. The minimum Gasteiger partial charge on any atom is -0.322 e. The Bertz CT molecular complexity index is 1040. The Labute approximate surface area is 154 Å². The van der Waals surface area contributed by atoms with E-state index < -0.39 is 10.8 Å². The highest BCUT2D eigenvalue weighted by Gasteiger charge is 2.20. The number of benzene rings is 2. The topological polar surface area (TPSA) is 90.1 Å². The maximum Gasteiger partial charge on any atom is 0.274 e. The van der Waals surface area contributed by atoms with Crippen molar-refractivity contribution in [1.29, 1.82) is 0 Å².